The van der Waals surface area contributed by atoms with Crippen molar-refractivity contribution in [3.63, 3.8) is 0 Å². The van der Waals surface area contributed by atoms with E-state index in [0.717, 1.165) is 68.2 Å². The number of piperidine rings is 1. The van der Waals surface area contributed by atoms with Crippen molar-refractivity contribution in [3.8, 4) is 11.5 Å². The van der Waals surface area contributed by atoms with Gasteiger partial charge in [0.2, 0.25) is 5.91 Å². The number of benzene rings is 2. The topological polar surface area (TPSA) is 55.1 Å². The van der Waals surface area contributed by atoms with Crippen LogP contribution in [0.15, 0.2) is 66.9 Å². The van der Waals surface area contributed by atoms with Gasteiger partial charge in [-0.3, -0.25) is 4.79 Å². The lowest BCUT2D eigenvalue weighted by molar-refractivity contribution is -0.114. The normalized spacial score (nSPS) is 15.1. The number of aromatic nitrogens is 3. The zero-order valence-corrected chi connectivity index (χ0v) is 20.1. The summed E-state index contributed by atoms with van der Waals surface area (Å²) in [6, 6.07) is 21.0. The Labute approximate surface area is 201 Å². The number of imidazole rings is 1. The van der Waals surface area contributed by atoms with Gasteiger partial charge in [-0.1, -0.05) is 24.3 Å². The van der Waals surface area contributed by atoms with Crippen LogP contribution < -0.4 is 5.32 Å². The van der Waals surface area contributed by atoms with Gasteiger partial charge < -0.3 is 19.4 Å². The largest absolute Gasteiger partial charge is 0.348 e. The van der Waals surface area contributed by atoms with Crippen molar-refractivity contribution in [2.45, 2.75) is 38.6 Å². The summed E-state index contributed by atoms with van der Waals surface area (Å²) in [5, 5.41) is 2.91. The molecule has 0 bridgehead atoms. The molecule has 0 atom stereocenters. The first-order chi connectivity index (χ1) is 16.6. The highest BCUT2D eigenvalue weighted by Crippen LogP contribution is 2.30. The molecule has 6 nitrogen and oxygen atoms in total. The summed E-state index contributed by atoms with van der Waals surface area (Å²) in [5.74, 6) is 1.59. The minimum absolute atomic E-state index is 0.0204. The van der Waals surface area contributed by atoms with E-state index in [-0.39, 0.29) is 5.91 Å². The lowest BCUT2D eigenvalue weighted by Crippen LogP contribution is -2.34. The van der Waals surface area contributed by atoms with Gasteiger partial charge in [0.1, 0.15) is 0 Å². The first-order valence-corrected chi connectivity index (χ1v) is 12.3. The minimum atomic E-state index is -0.0204. The van der Waals surface area contributed by atoms with E-state index in [2.05, 4.69) is 81.1 Å². The number of hydrogen-bond acceptors (Lipinski definition) is 3. The first kappa shape index (κ1) is 22.4. The van der Waals surface area contributed by atoms with Crippen molar-refractivity contribution in [2.24, 2.45) is 7.05 Å². The van der Waals surface area contributed by atoms with E-state index in [1.807, 2.05) is 12.1 Å². The maximum absolute atomic E-state index is 11.4. The number of likely N-dealkylation sites (tertiary alicyclic amines) is 1. The number of nitrogens with zero attached hydrogens (tertiary/aromatic N) is 4. The van der Waals surface area contributed by atoms with Crippen molar-refractivity contribution in [2.75, 3.05) is 25.0 Å². The van der Waals surface area contributed by atoms with E-state index >= 15 is 0 Å². The molecule has 0 spiro atoms. The van der Waals surface area contributed by atoms with Gasteiger partial charge in [0.25, 0.3) is 0 Å². The number of aryl methyl sites for hydroxylation is 2. The molecule has 3 heterocycles. The zero-order valence-electron chi connectivity index (χ0n) is 20.1. The predicted octanol–water partition coefficient (Wildman–Crippen LogP) is 5.27. The Balaban J connectivity index is 1.20. The standard InChI is InChI=1S/C28H33N5O/c1-21(34)29-24-9-5-8-23(20-24)22-13-18-32(19-14-22)16-7-17-33-26-11-4-3-10-25(26)30-28(33)27-12-6-15-31(27)2/h3-6,8-12,15,20,22H,7,13-14,16-19H2,1-2H3,(H,29,34). The average Bonchev–Trinajstić information content (AvgIpc) is 3.42. The number of nitrogens with one attached hydrogen (secondary N) is 1. The van der Waals surface area contributed by atoms with Crippen molar-refractivity contribution in [1.29, 1.82) is 0 Å². The number of rotatable bonds is 7. The highest BCUT2D eigenvalue weighted by atomic mass is 16.1. The molecule has 6 heteroatoms. The third kappa shape index (κ3) is 4.77. The Kier molecular flexibility index (Phi) is 6.50. The van der Waals surface area contributed by atoms with Crippen LogP contribution in [0.3, 0.4) is 0 Å². The second-order valence-corrected chi connectivity index (χ2v) is 9.36. The van der Waals surface area contributed by atoms with E-state index in [9.17, 15) is 4.79 Å². The third-order valence-corrected chi connectivity index (χ3v) is 6.95. The maximum Gasteiger partial charge on any atom is 0.221 e. The Hall–Kier alpha value is -3.38. The smallest absolute Gasteiger partial charge is 0.221 e. The SMILES string of the molecule is CC(=O)Nc1cccc(C2CCN(CCCn3c(-c4cccn4C)nc4ccccc43)CC2)c1. The lowest BCUT2D eigenvalue weighted by atomic mass is 9.89. The van der Waals surface area contributed by atoms with Gasteiger partial charge in [-0.2, -0.15) is 0 Å². The van der Waals surface area contributed by atoms with Crippen LogP contribution in [0.4, 0.5) is 5.69 Å². The van der Waals surface area contributed by atoms with E-state index < -0.39 is 0 Å². The average molecular weight is 456 g/mol. The van der Waals surface area contributed by atoms with Gasteiger partial charge in [-0.15, -0.1) is 0 Å². The fourth-order valence-electron chi connectivity index (χ4n) is 5.21. The number of hydrogen-bond donors (Lipinski definition) is 1. The fourth-order valence-corrected chi connectivity index (χ4v) is 5.21. The molecule has 1 aliphatic rings. The van der Waals surface area contributed by atoms with Crippen molar-refractivity contribution in [3.05, 3.63) is 72.4 Å². The molecule has 1 aliphatic heterocycles. The van der Waals surface area contributed by atoms with E-state index in [1.54, 1.807) is 6.92 Å². The lowest BCUT2D eigenvalue weighted by Gasteiger charge is -2.32. The second-order valence-electron chi connectivity index (χ2n) is 9.36. The van der Waals surface area contributed by atoms with Crippen LogP contribution in [0.1, 0.15) is 37.7 Å². The summed E-state index contributed by atoms with van der Waals surface area (Å²) in [6.45, 7) is 5.84. The molecule has 1 fully saturated rings. The summed E-state index contributed by atoms with van der Waals surface area (Å²) in [6.07, 6.45) is 5.49. The van der Waals surface area contributed by atoms with Crippen LogP contribution in [0.5, 0.6) is 0 Å². The molecule has 176 valence electrons. The molecule has 0 aliphatic carbocycles. The molecule has 5 rings (SSSR count). The molecule has 4 aromatic rings. The molecule has 1 N–H and O–H groups in total. The molecule has 2 aromatic carbocycles. The Bertz CT molecular complexity index is 1280. The zero-order chi connectivity index (χ0) is 23.5. The fraction of sp³-hybridized carbons (Fsp3) is 0.357. The number of carbonyl (C=O) groups excluding carboxylic acids is 1. The third-order valence-electron chi connectivity index (χ3n) is 6.95. The van der Waals surface area contributed by atoms with E-state index in [0.29, 0.717) is 5.92 Å². The number of anilines is 1. The minimum Gasteiger partial charge on any atom is -0.348 e. The summed E-state index contributed by atoms with van der Waals surface area (Å²) >= 11 is 0. The Morgan fingerprint density at radius 1 is 1.03 bits per heavy atom. The monoisotopic (exact) mass is 455 g/mol. The summed E-state index contributed by atoms with van der Waals surface area (Å²) in [4.78, 5) is 18.9. The van der Waals surface area contributed by atoms with Crippen LogP contribution in [-0.2, 0) is 18.4 Å². The van der Waals surface area contributed by atoms with E-state index in [1.165, 1.54) is 11.1 Å². The summed E-state index contributed by atoms with van der Waals surface area (Å²) < 4.78 is 4.52. The number of fused-ring (bicyclic) bond motifs is 1. The molecule has 0 saturated carbocycles. The molecular weight excluding hydrogens is 422 g/mol. The molecule has 1 amide bonds. The van der Waals surface area contributed by atoms with Gasteiger partial charge >= 0.3 is 0 Å². The molecule has 34 heavy (non-hydrogen) atoms. The number of amides is 1. The quantitative estimate of drug-likeness (QED) is 0.413. The molecule has 1 saturated heterocycles. The summed E-state index contributed by atoms with van der Waals surface area (Å²) in [5.41, 5.74) is 5.65. The van der Waals surface area contributed by atoms with Crippen LogP contribution in [-0.4, -0.2) is 44.6 Å². The van der Waals surface area contributed by atoms with Crippen molar-refractivity contribution in [1.82, 2.24) is 19.0 Å². The molecule has 0 unspecified atom stereocenters. The second kappa shape index (κ2) is 9.85. The Morgan fingerprint density at radius 3 is 2.62 bits per heavy atom. The molecular formula is C28H33N5O. The van der Waals surface area contributed by atoms with Crippen LogP contribution in [0.25, 0.3) is 22.6 Å². The molecule has 0 radical (unpaired) electrons. The van der Waals surface area contributed by atoms with Gasteiger partial charge in [-0.25, -0.2) is 4.98 Å². The summed E-state index contributed by atoms with van der Waals surface area (Å²) in [7, 11) is 2.08. The maximum atomic E-state index is 11.4. The van der Waals surface area contributed by atoms with Gasteiger partial charge in [0.05, 0.1) is 16.7 Å². The van der Waals surface area contributed by atoms with Crippen molar-refractivity contribution >= 4 is 22.6 Å². The van der Waals surface area contributed by atoms with Crippen LogP contribution in [0.2, 0.25) is 0 Å². The van der Waals surface area contributed by atoms with Crippen molar-refractivity contribution < 1.29 is 4.79 Å². The van der Waals surface area contributed by atoms with Crippen LogP contribution >= 0.6 is 0 Å². The van der Waals surface area contributed by atoms with E-state index in [4.69, 9.17) is 4.98 Å². The Morgan fingerprint density at radius 2 is 1.85 bits per heavy atom. The van der Waals surface area contributed by atoms with Crippen LogP contribution in [0, 0.1) is 0 Å². The molecule has 2 aromatic heterocycles. The highest BCUT2D eigenvalue weighted by Gasteiger charge is 2.21. The number of para-hydroxylation sites is 2. The first-order valence-electron chi connectivity index (χ1n) is 12.3. The van der Waals surface area contributed by atoms with Gasteiger partial charge in [0.15, 0.2) is 5.82 Å². The van der Waals surface area contributed by atoms with Gasteiger partial charge in [-0.05, 0) is 86.8 Å². The highest BCUT2D eigenvalue weighted by molar-refractivity contribution is 5.88. The number of carbonyl (C=O) groups is 1. The van der Waals surface area contributed by atoms with Gasteiger partial charge in [0, 0.05) is 32.4 Å². The predicted molar refractivity (Wildman–Crippen MR) is 138 cm³/mol.